The Bertz CT molecular complexity index is 242. The van der Waals surface area contributed by atoms with E-state index in [0.717, 1.165) is 25.3 Å². The maximum atomic E-state index is 10.7. The molecule has 1 atom stereocenters. The van der Waals surface area contributed by atoms with Gasteiger partial charge >= 0.3 is 5.97 Å². The first-order valence-electron chi connectivity index (χ1n) is 4.76. The van der Waals surface area contributed by atoms with Crippen molar-refractivity contribution in [2.24, 2.45) is 0 Å². The van der Waals surface area contributed by atoms with E-state index >= 15 is 0 Å². The highest BCUT2D eigenvalue weighted by molar-refractivity contribution is 5.81. The second kappa shape index (κ2) is 6.20. The average Bonchev–Trinajstić information content (AvgIpc) is 2.23. The van der Waals surface area contributed by atoms with Crippen molar-refractivity contribution in [2.75, 3.05) is 6.61 Å². The summed E-state index contributed by atoms with van der Waals surface area (Å²) in [5, 5.41) is 0. The Balaban J connectivity index is 3.69. The van der Waals surface area contributed by atoms with E-state index in [9.17, 15) is 4.79 Å². The molecule has 3 nitrogen and oxygen atoms in total. The van der Waals surface area contributed by atoms with Gasteiger partial charge in [-0.1, -0.05) is 13.5 Å². The number of hydrogen-bond acceptors (Lipinski definition) is 2. The van der Waals surface area contributed by atoms with E-state index in [-0.39, 0.29) is 5.54 Å². The lowest BCUT2D eigenvalue weighted by atomic mass is 9.94. The highest BCUT2D eigenvalue weighted by Gasteiger charge is 2.26. The van der Waals surface area contributed by atoms with Crippen LogP contribution in [-0.4, -0.2) is 18.1 Å². The van der Waals surface area contributed by atoms with E-state index in [4.69, 9.17) is 11.3 Å². The Labute approximate surface area is 85.6 Å². The molecule has 0 aliphatic heterocycles. The van der Waals surface area contributed by atoms with Crippen molar-refractivity contribution in [3.05, 3.63) is 24.1 Å². The number of carbonyl (C=O) groups is 1. The van der Waals surface area contributed by atoms with Crippen molar-refractivity contribution in [1.82, 2.24) is 0 Å². The normalized spacial score (nSPS) is 13.8. The first-order chi connectivity index (χ1) is 6.58. The summed E-state index contributed by atoms with van der Waals surface area (Å²) in [5.74, 6) is -0.397. The molecule has 0 bridgehead atoms. The van der Waals surface area contributed by atoms with Crippen LogP contribution < -0.4 is 0 Å². The average molecular weight is 195 g/mol. The maximum Gasteiger partial charge on any atom is 0.330 e. The Hall–Kier alpha value is -1.30. The molecule has 0 aromatic heterocycles. The molecule has 0 aromatic carbocycles. The van der Waals surface area contributed by atoms with Crippen molar-refractivity contribution in [3.8, 4) is 0 Å². The Morgan fingerprint density at radius 3 is 2.79 bits per heavy atom. The van der Waals surface area contributed by atoms with Crippen molar-refractivity contribution in [2.45, 2.75) is 38.6 Å². The van der Waals surface area contributed by atoms with Crippen LogP contribution in [0.15, 0.2) is 12.7 Å². The van der Waals surface area contributed by atoms with E-state index in [1.165, 1.54) is 0 Å². The minimum atomic E-state index is -0.397. The largest absolute Gasteiger partial charge is 0.463 e. The van der Waals surface area contributed by atoms with Crippen molar-refractivity contribution in [3.63, 3.8) is 0 Å². The van der Waals surface area contributed by atoms with Gasteiger partial charge in [0.2, 0.25) is 5.54 Å². The van der Waals surface area contributed by atoms with Gasteiger partial charge in [-0.25, -0.2) is 11.4 Å². The molecule has 0 N–H and O–H groups in total. The summed E-state index contributed by atoms with van der Waals surface area (Å²) in [7, 11) is 0. The molecule has 0 heterocycles. The number of nitrogens with zero attached hydrogens (tertiary/aromatic N) is 1. The molecule has 0 radical (unpaired) electrons. The molecule has 14 heavy (non-hydrogen) atoms. The molecule has 0 amide bonds. The minimum absolute atomic E-state index is 0.305. The zero-order chi connectivity index (χ0) is 11.0. The molecule has 0 saturated heterocycles. The van der Waals surface area contributed by atoms with Gasteiger partial charge in [0.05, 0.1) is 6.61 Å². The van der Waals surface area contributed by atoms with E-state index in [1.807, 2.05) is 13.8 Å². The van der Waals surface area contributed by atoms with Crippen molar-refractivity contribution in [1.29, 1.82) is 0 Å². The highest BCUT2D eigenvalue weighted by atomic mass is 16.5. The van der Waals surface area contributed by atoms with Crippen LogP contribution in [0.2, 0.25) is 0 Å². The van der Waals surface area contributed by atoms with Crippen LogP contribution in [0.5, 0.6) is 0 Å². The van der Waals surface area contributed by atoms with Crippen LogP contribution in [0.4, 0.5) is 0 Å². The zero-order valence-electron chi connectivity index (χ0n) is 8.88. The monoisotopic (exact) mass is 195 g/mol. The predicted octanol–water partition coefficient (Wildman–Crippen LogP) is 2.58. The molecule has 78 valence electrons. The quantitative estimate of drug-likeness (QED) is 0.282. The molecule has 0 aliphatic carbocycles. The number of esters is 1. The second-order valence-corrected chi connectivity index (χ2v) is 3.44. The lowest BCUT2D eigenvalue weighted by Gasteiger charge is -2.14. The molecule has 0 fully saturated rings. The third-order valence-electron chi connectivity index (χ3n) is 2.30. The summed E-state index contributed by atoms with van der Waals surface area (Å²) >= 11 is 0. The van der Waals surface area contributed by atoms with Gasteiger partial charge in [0, 0.05) is 25.8 Å². The van der Waals surface area contributed by atoms with Gasteiger partial charge in [-0.15, -0.1) is 0 Å². The zero-order valence-corrected chi connectivity index (χ0v) is 8.88. The fourth-order valence-electron chi connectivity index (χ4n) is 0.996. The Morgan fingerprint density at radius 2 is 2.36 bits per heavy atom. The smallest absolute Gasteiger partial charge is 0.330 e. The van der Waals surface area contributed by atoms with Crippen LogP contribution in [-0.2, 0) is 9.53 Å². The summed E-state index contributed by atoms with van der Waals surface area (Å²) in [6.07, 6.45) is 3.46. The van der Waals surface area contributed by atoms with Crippen LogP contribution in [0.1, 0.15) is 33.1 Å². The van der Waals surface area contributed by atoms with Gasteiger partial charge in [0.15, 0.2) is 0 Å². The standard InChI is InChI=1S/C11H17NO2/c1-5-10(13)14-9-7-8-11(3,6-2)12-4/h5H,1,6-9H2,2-3H3. The number of ether oxygens (including phenoxy) is 1. The molecular weight excluding hydrogens is 178 g/mol. The van der Waals surface area contributed by atoms with E-state index in [0.29, 0.717) is 6.61 Å². The van der Waals surface area contributed by atoms with Gasteiger partial charge in [0.25, 0.3) is 0 Å². The molecule has 3 heteroatoms. The molecule has 0 aliphatic rings. The maximum absolute atomic E-state index is 10.7. The van der Waals surface area contributed by atoms with Crippen LogP contribution >= 0.6 is 0 Å². The molecule has 0 saturated carbocycles. The van der Waals surface area contributed by atoms with Gasteiger partial charge < -0.3 is 9.58 Å². The molecule has 0 aromatic rings. The van der Waals surface area contributed by atoms with E-state index in [1.54, 1.807) is 0 Å². The van der Waals surface area contributed by atoms with Crippen LogP contribution in [0.3, 0.4) is 0 Å². The summed E-state index contributed by atoms with van der Waals surface area (Å²) in [4.78, 5) is 14.2. The minimum Gasteiger partial charge on any atom is -0.463 e. The Kier molecular flexibility index (Phi) is 5.62. The third kappa shape index (κ3) is 4.66. The number of rotatable bonds is 6. The van der Waals surface area contributed by atoms with Gasteiger partial charge in [-0.05, 0) is 6.42 Å². The van der Waals surface area contributed by atoms with Crippen molar-refractivity contribution < 1.29 is 9.53 Å². The lowest BCUT2D eigenvalue weighted by molar-refractivity contribution is -0.137. The highest BCUT2D eigenvalue weighted by Crippen LogP contribution is 2.21. The summed E-state index contributed by atoms with van der Waals surface area (Å²) in [6, 6.07) is 0. The Morgan fingerprint density at radius 1 is 1.71 bits per heavy atom. The number of carbonyl (C=O) groups excluding carboxylic acids is 1. The SMILES string of the molecule is [C-]#[N+]C(C)(CC)CCCOC(=O)C=C. The summed E-state index contributed by atoms with van der Waals surface area (Å²) in [6.45, 7) is 14.6. The number of hydrogen-bond donors (Lipinski definition) is 0. The van der Waals surface area contributed by atoms with Gasteiger partial charge in [-0.3, -0.25) is 0 Å². The fraction of sp³-hybridized carbons (Fsp3) is 0.636. The first-order valence-corrected chi connectivity index (χ1v) is 4.76. The predicted molar refractivity (Wildman–Crippen MR) is 55.7 cm³/mol. The third-order valence-corrected chi connectivity index (χ3v) is 2.30. The molecular formula is C11H17NO2. The molecule has 1 unspecified atom stereocenters. The molecule has 0 rings (SSSR count). The summed E-state index contributed by atoms with van der Waals surface area (Å²) in [5.41, 5.74) is -0.305. The fourth-order valence-corrected chi connectivity index (χ4v) is 0.996. The van der Waals surface area contributed by atoms with Crippen molar-refractivity contribution >= 4 is 5.97 Å². The lowest BCUT2D eigenvalue weighted by Crippen LogP contribution is -2.19. The molecule has 0 spiro atoms. The van der Waals surface area contributed by atoms with Gasteiger partial charge in [0.1, 0.15) is 0 Å². The second-order valence-electron chi connectivity index (χ2n) is 3.44. The topological polar surface area (TPSA) is 30.7 Å². The van der Waals surface area contributed by atoms with Crippen LogP contribution in [0, 0.1) is 6.57 Å². The van der Waals surface area contributed by atoms with Gasteiger partial charge in [-0.2, -0.15) is 0 Å². The van der Waals surface area contributed by atoms with E-state index in [2.05, 4.69) is 11.4 Å². The van der Waals surface area contributed by atoms with E-state index < -0.39 is 5.97 Å². The van der Waals surface area contributed by atoms with Crippen LogP contribution in [0.25, 0.3) is 4.85 Å². The first kappa shape index (κ1) is 12.7. The summed E-state index contributed by atoms with van der Waals surface area (Å²) < 4.78 is 4.82.